The van der Waals surface area contributed by atoms with E-state index in [1.807, 2.05) is 44.2 Å². The molecule has 0 fully saturated rings. The Morgan fingerprint density at radius 2 is 1.68 bits per heavy atom. The van der Waals surface area contributed by atoms with E-state index in [0.29, 0.717) is 13.2 Å². The smallest absolute Gasteiger partial charge is 0.317 e. The molecule has 122 valence electrons. The molecule has 1 aromatic carbocycles. The van der Waals surface area contributed by atoms with Crippen LogP contribution in [-0.2, 0) is 30.4 Å². The fourth-order valence-electron chi connectivity index (χ4n) is 1.83. The molecule has 0 atom stereocenters. The number of benzene rings is 1. The van der Waals surface area contributed by atoms with Gasteiger partial charge in [0.15, 0.2) is 0 Å². The first-order valence-electron chi connectivity index (χ1n) is 7.62. The quantitative estimate of drug-likeness (QED) is 0.378. The third-order valence-electron chi connectivity index (χ3n) is 3.10. The van der Waals surface area contributed by atoms with Crippen molar-refractivity contribution in [1.82, 2.24) is 0 Å². The Balaban J connectivity index is 2.09. The maximum atomic E-state index is 11.5. The van der Waals surface area contributed by atoms with E-state index in [1.54, 1.807) is 0 Å². The minimum atomic E-state index is -0.584. The average Bonchev–Trinajstić information content (AvgIpc) is 2.53. The van der Waals surface area contributed by atoms with E-state index < -0.39 is 11.9 Å². The predicted molar refractivity (Wildman–Crippen MR) is 82.1 cm³/mol. The Morgan fingerprint density at radius 1 is 1.00 bits per heavy atom. The third-order valence-corrected chi connectivity index (χ3v) is 3.10. The Morgan fingerprint density at radius 3 is 2.32 bits per heavy atom. The Hall–Kier alpha value is -1.88. The second-order valence-electron chi connectivity index (χ2n) is 4.86. The van der Waals surface area contributed by atoms with Crippen LogP contribution in [0.2, 0.25) is 0 Å². The van der Waals surface area contributed by atoms with Gasteiger partial charge in [-0.2, -0.15) is 0 Å². The van der Waals surface area contributed by atoms with E-state index in [-0.39, 0.29) is 19.1 Å². The first-order valence-corrected chi connectivity index (χ1v) is 7.62. The van der Waals surface area contributed by atoms with Gasteiger partial charge in [-0.15, -0.1) is 0 Å². The largest absolute Gasteiger partial charge is 0.463 e. The van der Waals surface area contributed by atoms with Gasteiger partial charge in [0.1, 0.15) is 19.1 Å². The normalized spacial score (nSPS) is 10.5. The van der Waals surface area contributed by atoms with Crippen LogP contribution in [0.4, 0.5) is 0 Å². The molecule has 0 aliphatic heterocycles. The molecule has 0 bridgehead atoms. The van der Waals surface area contributed by atoms with Crippen LogP contribution < -0.4 is 0 Å². The topological polar surface area (TPSA) is 61.8 Å². The van der Waals surface area contributed by atoms with Crippen molar-refractivity contribution < 1.29 is 23.8 Å². The standard InChI is InChI=1S/C17H24O5/c1-3-15(4-2)22-17(19)12-16(18)21-11-10-20-13-14-8-6-5-7-9-14/h5-9,15H,3-4,10-13H2,1-2H3. The van der Waals surface area contributed by atoms with Crippen LogP contribution in [0, 0.1) is 0 Å². The molecule has 0 aliphatic rings. The lowest BCUT2D eigenvalue weighted by atomic mass is 10.2. The fourth-order valence-corrected chi connectivity index (χ4v) is 1.83. The first kappa shape index (κ1) is 18.2. The summed E-state index contributed by atoms with van der Waals surface area (Å²) in [4.78, 5) is 23.0. The molecule has 0 aromatic heterocycles. The maximum Gasteiger partial charge on any atom is 0.317 e. The third kappa shape index (κ3) is 7.78. The van der Waals surface area contributed by atoms with Crippen LogP contribution in [-0.4, -0.2) is 31.3 Å². The Kier molecular flexibility index (Phi) is 8.91. The van der Waals surface area contributed by atoms with Gasteiger partial charge in [0, 0.05) is 0 Å². The summed E-state index contributed by atoms with van der Waals surface area (Å²) in [7, 11) is 0. The molecule has 1 aromatic rings. The van der Waals surface area contributed by atoms with Crippen molar-refractivity contribution in [2.75, 3.05) is 13.2 Å². The predicted octanol–water partition coefficient (Wildman–Crippen LogP) is 2.87. The van der Waals surface area contributed by atoms with Gasteiger partial charge in [0.2, 0.25) is 0 Å². The summed E-state index contributed by atoms with van der Waals surface area (Å²) in [6.07, 6.45) is 0.999. The zero-order valence-electron chi connectivity index (χ0n) is 13.2. The molecule has 5 nitrogen and oxygen atoms in total. The van der Waals surface area contributed by atoms with E-state index in [1.165, 1.54) is 0 Å². The lowest BCUT2D eigenvalue weighted by Gasteiger charge is -2.13. The highest BCUT2D eigenvalue weighted by Gasteiger charge is 2.15. The zero-order valence-corrected chi connectivity index (χ0v) is 13.2. The summed E-state index contributed by atoms with van der Waals surface area (Å²) in [6, 6.07) is 9.72. The first-order chi connectivity index (χ1) is 10.7. The van der Waals surface area contributed by atoms with Gasteiger partial charge in [-0.3, -0.25) is 9.59 Å². The lowest BCUT2D eigenvalue weighted by molar-refractivity contribution is -0.158. The number of hydrogen-bond donors (Lipinski definition) is 0. The summed E-state index contributed by atoms with van der Waals surface area (Å²) in [5.41, 5.74) is 1.06. The van der Waals surface area contributed by atoms with Gasteiger partial charge in [-0.05, 0) is 18.4 Å². The van der Waals surface area contributed by atoms with Crippen molar-refractivity contribution in [3.05, 3.63) is 35.9 Å². The number of rotatable bonds is 10. The molecular weight excluding hydrogens is 284 g/mol. The molecule has 0 saturated carbocycles. The van der Waals surface area contributed by atoms with Crippen LogP contribution in [0.3, 0.4) is 0 Å². The number of esters is 2. The van der Waals surface area contributed by atoms with E-state index in [0.717, 1.165) is 18.4 Å². The summed E-state index contributed by atoms with van der Waals surface area (Å²) >= 11 is 0. The van der Waals surface area contributed by atoms with E-state index in [4.69, 9.17) is 14.2 Å². The van der Waals surface area contributed by atoms with Crippen molar-refractivity contribution in [3.8, 4) is 0 Å². The van der Waals surface area contributed by atoms with Crippen molar-refractivity contribution in [1.29, 1.82) is 0 Å². The van der Waals surface area contributed by atoms with Gasteiger partial charge in [0.25, 0.3) is 0 Å². The van der Waals surface area contributed by atoms with Crippen molar-refractivity contribution in [2.45, 2.75) is 45.8 Å². The minimum Gasteiger partial charge on any atom is -0.463 e. The Labute approximate surface area is 131 Å². The number of carbonyl (C=O) groups excluding carboxylic acids is 2. The van der Waals surface area contributed by atoms with Crippen molar-refractivity contribution in [2.24, 2.45) is 0 Å². The second kappa shape index (κ2) is 10.8. The molecular formula is C17H24O5. The Bertz CT molecular complexity index is 440. The molecule has 0 saturated heterocycles. The van der Waals surface area contributed by atoms with Crippen LogP contribution in [0.5, 0.6) is 0 Å². The van der Waals surface area contributed by atoms with E-state index in [2.05, 4.69) is 0 Å². The van der Waals surface area contributed by atoms with Gasteiger partial charge < -0.3 is 14.2 Å². The molecule has 0 spiro atoms. The van der Waals surface area contributed by atoms with Gasteiger partial charge in [-0.25, -0.2) is 0 Å². The summed E-state index contributed by atoms with van der Waals surface area (Å²) in [5.74, 6) is -1.12. The van der Waals surface area contributed by atoms with E-state index >= 15 is 0 Å². The summed E-state index contributed by atoms with van der Waals surface area (Å²) < 4.78 is 15.4. The monoisotopic (exact) mass is 308 g/mol. The zero-order chi connectivity index (χ0) is 16.2. The number of carbonyl (C=O) groups is 2. The summed E-state index contributed by atoms with van der Waals surface area (Å²) in [5, 5.41) is 0. The van der Waals surface area contributed by atoms with Crippen LogP contribution in [0.25, 0.3) is 0 Å². The van der Waals surface area contributed by atoms with Crippen LogP contribution in [0.15, 0.2) is 30.3 Å². The highest BCUT2D eigenvalue weighted by atomic mass is 16.6. The minimum absolute atomic E-state index is 0.129. The number of hydrogen-bond acceptors (Lipinski definition) is 5. The molecule has 0 heterocycles. The molecule has 0 radical (unpaired) electrons. The van der Waals surface area contributed by atoms with Gasteiger partial charge >= 0.3 is 11.9 Å². The van der Waals surface area contributed by atoms with Crippen molar-refractivity contribution >= 4 is 11.9 Å². The molecule has 1 rings (SSSR count). The summed E-state index contributed by atoms with van der Waals surface area (Å²) in [6.45, 7) is 4.76. The molecule has 0 unspecified atom stereocenters. The van der Waals surface area contributed by atoms with Crippen LogP contribution >= 0.6 is 0 Å². The fraction of sp³-hybridized carbons (Fsp3) is 0.529. The highest BCUT2D eigenvalue weighted by molar-refractivity contribution is 5.91. The van der Waals surface area contributed by atoms with Crippen molar-refractivity contribution in [3.63, 3.8) is 0 Å². The molecule has 0 N–H and O–H groups in total. The second-order valence-corrected chi connectivity index (χ2v) is 4.86. The van der Waals surface area contributed by atoms with Gasteiger partial charge in [-0.1, -0.05) is 44.2 Å². The van der Waals surface area contributed by atoms with Gasteiger partial charge in [0.05, 0.1) is 13.2 Å². The number of ether oxygens (including phenoxy) is 3. The average molecular weight is 308 g/mol. The maximum absolute atomic E-state index is 11.5. The van der Waals surface area contributed by atoms with Crippen LogP contribution in [0.1, 0.15) is 38.7 Å². The highest BCUT2D eigenvalue weighted by Crippen LogP contribution is 2.05. The molecule has 22 heavy (non-hydrogen) atoms. The van der Waals surface area contributed by atoms with E-state index in [9.17, 15) is 9.59 Å². The molecule has 0 aliphatic carbocycles. The molecule has 5 heteroatoms. The lowest BCUT2D eigenvalue weighted by Crippen LogP contribution is -2.21. The molecule has 0 amide bonds. The SMILES string of the molecule is CCC(CC)OC(=O)CC(=O)OCCOCc1ccccc1.